The van der Waals surface area contributed by atoms with Gasteiger partial charge in [-0.05, 0) is 30.0 Å². The minimum Gasteiger partial charge on any atom is -0.396 e. The average Bonchev–Trinajstić information content (AvgIpc) is 2.71. The second-order valence-corrected chi connectivity index (χ2v) is 5.02. The molecule has 0 aromatic heterocycles. The molecule has 0 saturated carbocycles. The summed E-state index contributed by atoms with van der Waals surface area (Å²) in [5.74, 6) is 0.597. The van der Waals surface area contributed by atoms with E-state index in [0.717, 1.165) is 23.1 Å². The van der Waals surface area contributed by atoms with Crippen LogP contribution in [-0.2, 0) is 11.2 Å². The van der Waals surface area contributed by atoms with Gasteiger partial charge in [0.05, 0.1) is 0 Å². The molecule has 1 N–H and O–H groups in total. The molecule has 0 radical (unpaired) electrons. The topological polar surface area (TPSA) is 40.5 Å². The second kappa shape index (κ2) is 5.65. The lowest BCUT2D eigenvalue weighted by Crippen LogP contribution is -2.24. The van der Waals surface area contributed by atoms with Gasteiger partial charge in [0.15, 0.2) is 0 Å². The third-order valence-corrected chi connectivity index (χ3v) is 3.96. The van der Waals surface area contributed by atoms with Crippen LogP contribution in [0.15, 0.2) is 24.3 Å². The normalized spacial score (nSPS) is 20.0. The monoisotopic (exact) mass is 297 g/mol. The summed E-state index contributed by atoms with van der Waals surface area (Å²) in [6, 6.07) is 7.86. The van der Waals surface area contributed by atoms with Crippen molar-refractivity contribution in [3.8, 4) is 0 Å². The molecular weight excluding hydrogens is 282 g/mol. The minimum atomic E-state index is 0.140. The van der Waals surface area contributed by atoms with E-state index < -0.39 is 0 Å². The van der Waals surface area contributed by atoms with Gasteiger partial charge in [-0.25, -0.2) is 0 Å². The van der Waals surface area contributed by atoms with Crippen molar-refractivity contribution in [3.63, 3.8) is 0 Å². The Kier molecular flexibility index (Phi) is 4.18. The number of alkyl halides is 1. The van der Waals surface area contributed by atoms with Crippen LogP contribution in [0, 0.1) is 5.92 Å². The van der Waals surface area contributed by atoms with Gasteiger partial charge in [-0.1, -0.05) is 28.1 Å². The fourth-order valence-electron chi connectivity index (χ4n) is 2.14. The maximum absolute atomic E-state index is 11.9. The number of rotatable bonds is 4. The molecular formula is C13H16BrNO2. The maximum Gasteiger partial charge on any atom is 0.227 e. The molecule has 1 aromatic carbocycles. The van der Waals surface area contributed by atoms with Crippen molar-refractivity contribution in [1.82, 2.24) is 0 Å². The molecule has 1 aliphatic rings. The molecule has 0 aliphatic carbocycles. The highest BCUT2D eigenvalue weighted by Gasteiger charge is 2.29. The molecule has 4 heteroatoms. The lowest BCUT2D eigenvalue weighted by atomic mass is 10.1. The van der Waals surface area contributed by atoms with E-state index in [-0.39, 0.29) is 12.5 Å². The molecule has 3 nitrogen and oxygen atoms in total. The molecule has 1 fully saturated rings. The molecule has 2 rings (SSSR count). The first-order chi connectivity index (χ1) is 8.24. The van der Waals surface area contributed by atoms with Crippen molar-refractivity contribution in [1.29, 1.82) is 0 Å². The summed E-state index contributed by atoms with van der Waals surface area (Å²) >= 11 is 3.43. The third kappa shape index (κ3) is 2.87. The summed E-state index contributed by atoms with van der Waals surface area (Å²) in [5, 5.41) is 9.79. The van der Waals surface area contributed by atoms with E-state index in [1.807, 2.05) is 29.2 Å². The highest BCUT2D eigenvalue weighted by Crippen LogP contribution is 2.26. The maximum atomic E-state index is 11.9. The zero-order valence-electron chi connectivity index (χ0n) is 9.60. The number of amides is 1. The van der Waals surface area contributed by atoms with Gasteiger partial charge in [0.25, 0.3) is 0 Å². The third-order valence-electron chi connectivity index (χ3n) is 3.05. The highest BCUT2D eigenvalue weighted by atomic mass is 79.9. The standard InChI is InChI=1S/C13H16BrNO2/c14-8-11-7-13(17)15(9-11)12-3-1-2-10(6-12)4-5-16/h1-3,6,11,16H,4-5,7-9H2. The predicted octanol–water partition coefficient (Wildman–Crippen LogP) is 1.97. The Balaban J connectivity index is 2.16. The summed E-state index contributed by atoms with van der Waals surface area (Å²) in [6.07, 6.45) is 1.26. The second-order valence-electron chi connectivity index (χ2n) is 4.37. The van der Waals surface area contributed by atoms with E-state index in [1.165, 1.54) is 0 Å². The van der Waals surface area contributed by atoms with Gasteiger partial charge >= 0.3 is 0 Å². The Bertz CT molecular complexity index is 408. The van der Waals surface area contributed by atoms with Gasteiger partial charge < -0.3 is 10.0 Å². The summed E-state index contributed by atoms with van der Waals surface area (Å²) in [7, 11) is 0. The van der Waals surface area contributed by atoms with Crippen LogP contribution in [0.3, 0.4) is 0 Å². The smallest absolute Gasteiger partial charge is 0.227 e. The Morgan fingerprint density at radius 2 is 2.29 bits per heavy atom. The van der Waals surface area contributed by atoms with Crippen molar-refractivity contribution in [3.05, 3.63) is 29.8 Å². The largest absolute Gasteiger partial charge is 0.396 e. The Labute approximate surface area is 110 Å². The van der Waals surface area contributed by atoms with E-state index in [2.05, 4.69) is 15.9 Å². The van der Waals surface area contributed by atoms with Crippen LogP contribution in [0.2, 0.25) is 0 Å². The first kappa shape index (κ1) is 12.6. The fraction of sp³-hybridized carbons (Fsp3) is 0.462. The van der Waals surface area contributed by atoms with E-state index in [0.29, 0.717) is 18.8 Å². The summed E-state index contributed by atoms with van der Waals surface area (Å²) in [6.45, 7) is 0.925. The predicted molar refractivity (Wildman–Crippen MR) is 71.5 cm³/mol. The minimum absolute atomic E-state index is 0.140. The molecule has 1 saturated heterocycles. The summed E-state index contributed by atoms with van der Waals surface area (Å²) in [5.41, 5.74) is 2.02. The van der Waals surface area contributed by atoms with E-state index in [4.69, 9.17) is 5.11 Å². The van der Waals surface area contributed by atoms with Crippen molar-refractivity contribution in [2.75, 3.05) is 23.4 Å². The van der Waals surface area contributed by atoms with E-state index in [1.54, 1.807) is 0 Å². The lowest BCUT2D eigenvalue weighted by Gasteiger charge is -2.17. The van der Waals surface area contributed by atoms with Crippen LogP contribution < -0.4 is 4.90 Å². The number of aliphatic hydroxyl groups is 1. The van der Waals surface area contributed by atoms with Crippen LogP contribution in [0.5, 0.6) is 0 Å². The molecule has 0 spiro atoms. The SMILES string of the molecule is O=C1CC(CBr)CN1c1cccc(CCO)c1. The average molecular weight is 298 g/mol. The van der Waals surface area contributed by atoms with Crippen molar-refractivity contribution in [2.24, 2.45) is 5.92 Å². The number of aliphatic hydroxyl groups excluding tert-OH is 1. The van der Waals surface area contributed by atoms with Crippen LogP contribution in [-0.4, -0.2) is 29.5 Å². The number of hydrogen-bond acceptors (Lipinski definition) is 2. The molecule has 1 atom stereocenters. The van der Waals surface area contributed by atoms with Gasteiger partial charge in [0.2, 0.25) is 5.91 Å². The van der Waals surface area contributed by atoms with Gasteiger partial charge in [-0.15, -0.1) is 0 Å². The number of carbonyl (C=O) groups is 1. The first-order valence-corrected chi connectivity index (χ1v) is 6.93. The molecule has 1 aliphatic heterocycles. The van der Waals surface area contributed by atoms with E-state index >= 15 is 0 Å². The number of halogens is 1. The zero-order valence-corrected chi connectivity index (χ0v) is 11.2. The molecule has 1 amide bonds. The first-order valence-electron chi connectivity index (χ1n) is 5.80. The summed E-state index contributed by atoms with van der Waals surface area (Å²) < 4.78 is 0. The van der Waals surface area contributed by atoms with Crippen LogP contribution in [0.1, 0.15) is 12.0 Å². The lowest BCUT2D eigenvalue weighted by molar-refractivity contribution is -0.117. The van der Waals surface area contributed by atoms with E-state index in [9.17, 15) is 4.79 Å². The molecule has 1 aromatic rings. The highest BCUT2D eigenvalue weighted by molar-refractivity contribution is 9.09. The van der Waals surface area contributed by atoms with Gasteiger partial charge in [-0.3, -0.25) is 4.79 Å². The van der Waals surface area contributed by atoms with Crippen LogP contribution in [0.25, 0.3) is 0 Å². The quantitative estimate of drug-likeness (QED) is 0.863. The molecule has 1 unspecified atom stereocenters. The van der Waals surface area contributed by atoms with Crippen LogP contribution in [0.4, 0.5) is 5.69 Å². The van der Waals surface area contributed by atoms with Gasteiger partial charge in [0.1, 0.15) is 0 Å². The number of benzene rings is 1. The van der Waals surface area contributed by atoms with Crippen molar-refractivity contribution < 1.29 is 9.90 Å². The van der Waals surface area contributed by atoms with Gasteiger partial charge in [-0.2, -0.15) is 0 Å². The number of carbonyl (C=O) groups excluding carboxylic acids is 1. The van der Waals surface area contributed by atoms with Crippen LogP contribution >= 0.6 is 15.9 Å². The zero-order chi connectivity index (χ0) is 12.3. The van der Waals surface area contributed by atoms with Gasteiger partial charge in [0, 0.05) is 30.6 Å². The fourth-order valence-corrected chi connectivity index (χ4v) is 2.58. The molecule has 92 valence electrons. The molecule has 17 heavy (non-hydrogen) atoms. The molecule has 1 heterocycles. The van der Waals surface area contributed by atoms with Crippen molar-refractivity contribution >= 4 is 27.5 Å². The number of nitrogens with zero attached hydrogens (tertiary/aromatic N) is 1. The Hall–Kier alpha value is -0.870. The number of hydrogen-bond donors (Lipinski definition) is 1. The summed E-state index contributed by atoms with van der Waals surface area (Å²) in [4.78, 5) is 13.7. The number of anilines is 1. The molecule has 0 bridgehead atoms. The Morgan fingerprint density at radius 3 is 2.94 bits per heavy atom. The van der Waals surface area contributed by atoms with Crippen molar-refractivity contribution in [2.45, 2.75) is 12.8 Å². The Morgan fingerprint density at radius 1 is 1.47 bits per heavy atom.